The fraction of sp³-hybridized carbons (Fsp3) is 0.400. The van der Waals surface area contributed by atoms with Crippen molar-refractivity contribution in [3.05, 3.63) is 47.3 Å². The minimum atomic E-state index is -0.470. The van der Waals surface area contributed by atoms with Gasteiger partial charge in [0.25, 0.3) is 0 Å². The van der Waals surface area contributed by atoms with Gasteiger partial charge in [0, 0.05) is 6.54 Å². The van der Waals surface area contributed by atoms with Crippen molar-refractivity contribution in [3.63, 3.8) is 0 Å². The molecule has 0 aliphatic rings. The Morgan fingerprint density at radius 2 is 2.10 bits per heavy atom. The van der Waals surface area contributed by atoms with Crippen LogP contribution in [0.2, 0.25) is 0 Å². The quantitative estimate of drug-likeness (QED) is 0.583. The number of hydrogen-bond acceptors (Lipinski definition) is 4. The van der Waals surface area contributed by atoms with Crippen molar-refractivity contribution in [3.8, 4) is 0 Å². The zero-order valence-electron chi connectivity index (χ0n) is 12.0. The second-order valence-electron chi connectivity index (χ2n) is 4.55. The second kappa shape index (κ2) is 7.78. The number of hydrogen-bond donors (Lipinski definition) is 0. The second-order valence-corrected chi connectivity index (χ2v) is 4.82. The van der Waals surface area contributed by atoms with E-state index in [9.17, 15) is 4.79 Å². The van der Waals surface area contributed by atoms with Crippen molar-refractivity contribution in [2.75, 3.05) is 6.61 Å². The number of esters is 1. The Kier molecular flexibility index (Phi) is 5.75. The summed E-state index contributed by atoms with van der Waals surface area (Å²) in [5, 5.41) is 7.89. The van der Waals surface area contributed by atoms with Crippen LogP contribution in [-0.4, -0.2) is 27.6 Å². The molecule has 0 unspecified atom stereocenters. The molecule has 0 fully saturated rings. The molecule has 0 saturated heterocycles. The molecule has 0 aliphatic heterocycles. The minimum Gasteiger partial charge on any atom is -0.461 e. The number of carbonyl (C=O) groups excluding carboxylic acids is 1. The number of benzene rings is 1. The number of nitrogens with zero attached hydrogens (tertiary/aromatic N) is 3. The third-order valence-electron chi connectivity index (χ3n) is 3.11. The average Bonchev–Trinajstić information content (AvgIpc) is 2.91. The maximum absolute atomic E-state index is 11.7. The number of aromatic nitrogens is 3. The van der Waals surface area contributed by atoms with E-state index in [0.717, 1.165) is 12.8 Å². The van der Waals surface area contributed by atoms with Crippen LogP contribution < -0.4 is 0 Å². The molecule has 5 nitrogen and oxygen atoms in total. The molecule has 0 aliphatic carbocycles. The van der Waals surface area contributed by atoms with E-state index in [-0.39, 0.29) is 11.6 Å². The Hall–Kier alpha value is -1.88. The first-order chi connectivity index (χ1) is 10.3. The molecule has 0 spiro atoms. The maximum Gasteiger partial charge on any atom is 0.360 e. The average molecular weight is 308 g/mol. The van der Waals surface area contributed by atoms with Gasteiger partial charge in [0.05, 0.1) is 18.2 Å². The zero-order valence-corrected chi connectivity index (χ0v) is 12.7. The van der Waals surface area contributed by atoms with Crippen molar-refractivity contribution in [2.45, 2.75) is 32.2 Å². The van der Waals surface area contributed by atoms with Gasteiger partial charge in [0.1, 0.15) is 0 Å². The van der Waals surface area contributed by atoms with Crippen molar-refractivity contribution in [2.24, 2.45) is 0 Å². The number of ether oxygens (including phenoxy) is 1. The highest BCUT2D eigenvalue weighted by atomic mass is 35.5. The number of halogens is 1. The van der Waals surface area contributed by atoms with Gasteiger partial charge < -0.3 is 4.74 Å². The summed E-state index contributed by atoms with van der Waals surface area (Å²) in [6, 6.07) is 10.2. The molecule has 0 N–H and O–H groups in total. The minimum absolute atomic E-state index is 0.187. The van der Waals surface area contributed by atoms with Gasteiger partial charge in [-0.2, -0.15) is 0 Å². The van der Waals surface area contributed by atoms with E-state index in [4.69, 9.17) is 16.3 Å². The molecule has 1 aromatic heterocycles. The van der Waals surface area contributed by atoms with Crippen LogP contribution >= 0.6 is 11.6 Å². The first kappa shape index (κ1) is 15.5. The first-order valence-electron chi connectivity index (χ1n) is 6.95. The predicted octanol–water partition coefficient (Wildman–Crippen LogP) is 2.83. The number of aryl methyl sites for hydroxylation is 2. The monoisotopic (exact) mass is 307 g/mol. The van der Waals surface area contributed by atoms with Gasteiger partial charge >= 0.3 is 5.97 Å². The molecule has 2 aromatic rings. The Morgan fingerprint density at radius 1 is 1.33 bits per heavy atom. The summed E-state index contributed by atoms with van der Waals surface area (Å²) in [7, 11) is 0. The van der Waals surface area contributed by atoms with Crippen molar-refractivity contribution < 1.29 is 9.53 Å². The van der Waals surface area contributed by atoms with E-state index < -0.39 is 5.97 Å². The van der Waals surface area contributed by atoms with E-state index in [0.29, 0.717) is 18.8 Å². The fourth-order valence-corrected chi connectivity index (χ4v) is 2.34. The van der Waals surface area contributed by atoms with Gasteiger partial charge in [0.2, 0.25) is 0 Å². The lowest BCUT2D eigenvalue weighted by atomic mass is 10.1. The molecule has 1 aromatic carbocycles. The highest BCUT2D eigenvalue weighted by molar-refractivity contribution is 6.17. The Morgan fingerprint density at radius 3 is 2.76 bits per heavy atom. The Bertz CT molecular complexity index is 584. The lowest BCUT2D eigenvalue weighted by Gasteiger charge is -2.05. The summed E-state index contributed by atoms with van der Waals surface area (Å²) >= 11 is 5.91. The summed E-state index contributed by atoms with van der Waals surface area (Å²) in [6.45, 7) is 2.73. The lowest BCUT2D eigenvalue weighted by molar-refractivity contribution is 0.0518. The molecule has 112 valence electrons. The van der Waals surface area contributed by atoms with E-state index in [1.165, 1.54) is 5.56 Å². The van der Waals surface area contributed by atoms with Crippen LogP contribution in [0, 0.1) is 0 Å². The van der Waals surface area contributed by atoms with Gasteiger partial charge in [-0.05, 0) is 25.3 Å². The third kappa shape index (κ3) is 4.04. The molecular weight excluding hydrogens is 290 g/mol. The van der Waals surface area contributed by atoms with E-state index in [2.05, 4.69) is 22.4 Å². The smallest absolute Gasteiger partial charge is 0.360 e. The van der Waals surface area contributed by atoms with Crippen LogP contribution in [0.15, 0.2) is 30.3 Å². The molecule has 0 amide bonds. The van der Waals surface area contributed by atoms with Crippen molar-refractivity contribution in [1.29, 1.82) is 0 Å². The van der Waals surface area contributed by atoms with Gasteiger partial charge in [-0.3, -0.25) is 0 Å². The highest BCUT2D eigenvalue weighted by Gasteiger charge is 2.19. The van der Waals surface area contributed by atoms with Crippen LogP contribution in [-0.2, 0) is 23.6 Å². The van der Waals surface area contributed by atoms with Crippen molar-refractivity contribution in [1.82, 2.24) is 15.0 Å². The Labute approximate surface area is 128 Å². The fourth-order valence-electron chi connectivity index (χ4n) is 2.08. The van der Waals surface area contributed by atoms with Crippen LogP contribution in [0.25, 0.3) is 0 Å². The summed E-state index contributed by atoms with van der Waals surface area (Å²) in [5.41, 5.74) is 2.10. The molecular formula is C15H18ClN3O2. The molecule has 0 radical (unpaired) electrons. The van der Waals surface area contributed by atoms with Gasteiger partial charge in [-0.25, -0.2) is 9.48 Å². The topological polar surface area (TPSA) is 57.0 Å². The highest BCUT2D eigenvalue weighted by Crippen LogP contribution is 2.12. The maximum atomic E-state index is 11.7. The Balaban J connectivity index is 1.98. The summed E-state index contributed by atoms with van der Waals surface area (Å²) in [6.07, 6.45) is 1.84. The third-order valence-corrected chi connectivity index (χ3v) is 3.36. The largest absolute Gasteiger partial charge is 0.461 e. The van der Waals surface area contributed by atoms with Crippen LogP contribution in [0.5, 0.6) is 0 Å². The van der Waals surface area contributed by atoms with Crippen molar-refractivity contribution >= 4 is 17.6 Å². The number of carbonyl (C=O) groups is 1. The summed E-state index contributed by atoms with van der Waals surface area (Å²) < 4.78 is 6.63. The first-order valence-corrected chi connectivity index (χ1v) is 7.49. The predicted molar refractivity (Wildman–Crippen MR) is 80.3 cm³/mol. The SMILES string of the molecule is CCOC(=O)c1nnn(CCCc2ccccc2)c1CCl. The lowest BCUT2D eigenvalue weighted by Crippen LogP contribution is -2.10. The van der Waals surface area contributed by atoms with Gasteiger partial charge in [0.15, 0.2) is 5.69 Å². The standard InChI is InChI=1S/C15H18ClN3O2/c1-2-21-15(20)14-13(11-16)19(18-17-14)10-6-9-12-7-4-3-5-8-12/h3-5,7-8H,2,6,9-11H2,1H3. The molecule has 2 rings (SSSR count). The van der Waals surface area contributed by atoms with E-state index in [1.54, 1.807) is 11.6 Å². The number of alkyl halides is 1. The molecule has 0 saturated carbocycles. The molecule has 1 heterocycles. The molecule has 0 atom stereocenters. The van der Waals surface area contributed by atoms with Gasteiger partial charge in [-0.15, -0.1) is 16.7 Å². The number of rotatable bonds is 7. The molecule has 21 heavy (non-hydrogen) atoms. The summed E-state index contributed by atoms with van der Waals surface area (Å²) in [4.78, 5) is 11.7. The molecule has 0 bridgehead atoms. The van der Waals surface area contributed by atoms with Crippen LogP contribution in [0.4, 0.5) is 0 Å². The van der Waals surface area contributed by atoms with Crippen LogP contribution in [0.1, 0.15) is 35.1 Å². The van der Waals surface area contributed by atoms with E-state index in [1.807, 2.05) is 18.2 Å². The van der Waals surface area contributed by atoms with Gasteiger partial charge in [-0.1, -0.05) is 35.5 Å². The summed E-state index contributed by atoms with van der Waals surface area (Å²) in [5.74, 6) is -0.283. The zero-order chi connectivity index (χ0) is 15.1. The normalized spacial score (nSPS) is 10.6. The van der Waals surface area contributed by atoms with E-state index >= 15 is 0 Å². The molecule has 6 heteroatoms. The van der Waals surface area contributed by atoms with Crippen LogP contribution in [0.3, 0.4) is 0 Å².